The van der Waals surface area contributed by atoms with Crippen LogP contribution in [0.15, 0.2) is 53.0 Å². The van der Waals surface area contributed by atoms with E-state index in [0.29, 0.717) is 16.6 Å². The Morgan fingerprint density at radius 3 is 2.18 bits per heavy atom. The first-order chi connectivity index (χ1) is 16.0. The second kappa shape index (κ2) is 12.4. The molecule has 186 valence electrons. The van der Waals surface area contributed by atoms with Gasteiger partial charge in [0, 0.05) is 17.1 Å². The minimum absolute atomic E-state index is 0.0364. The average Bonchev–Trinajstić information content (AvgIpc) is 2.78. The van der Waals surface area contributed by atoms with E-state index in [1.165, 1.54) is 4.90 Å². The van der Waals surface area contributed by atoms with E-state index in [-0.39, 0.29) is 18.5 Å². The van der Waals surface area contributed by atoms with Crippen molar-refractivity contribution in [2.45, 2.75) is 59.2 Å². The number of benzene rings is 2. The van der Waals surface area contributed by atoms with Gasteiger partial charge in [-0.25, -0.2) is 8.42 Å². The highest BCUT2D eigenvalue weighted by molar-refractivity contribution is 9.10. The molecule has 7 nitrogen and oxygen atoms in total. The molecule has 0 fully saturated rings. The van der Waals surface area contributed by atoms with E-state index in [4.69, 9.17) is 0 Å². The summed E-state index contributed by atoms with van der Waals surface area (Å²) in [6.07, 6.45) is 2.22. The maximum atomic E-state index is 13.6. The van der Waals surface area contributed by atoms with Gasteiger partial charge >= 0.3 is 0 Å². The normalized spacial score (nSPS) is 13.1. The molecule has 9 heteroatoms. The summed E-state index contributed by atoms with van der Waals surface area (Å²) in [5.74, 6) is -0.697. The number of nitrogens with one attached hydrogen (secondary N) is 1. The Labute approximate surface area is 211 Å². The lowest BCUT2D eigenvalue weighted by Crippen LogP contribution is -2.53. The molecule has 0 aliphatic heterocycles. The Morgan fingerprint density at radius 1 is 1.03 bits per heavy atom. The zero-order valence-electron chi connectivity index (χ0n) is 20.4. The molecular formula is C25H34BrN3O4S. The largest absolute Gasteiger partial charge is 0.352 e. The van der Waals surface area contributed by atoms with E-state index >= 15 is 0 Å². The lowest BCUT2D eigenvalue weighted by molar-refractivity contribution is -0.140. The monoisotopic (exact) mass is 551 g/mol. The number of carbonyl (C=O) groups excluding carboxylic acids is 2. The van der Waals surface area contributed by atoms with Crippen LogP contribution in [0.25, 0.3) is 0 Å². The minimum atomic E-state index is -3.77. The molecular weight excluding hydrogens is 518 g/mol. The van der Waals surface area contributed by atoms with Gasteiger partial charge in [0.1, 0.15) is 12.6 Å². The van der Waals surface area contributed by atoms with Crippen LogP contribution >= 0.6 is 15.9 Å². The number of hydrogen-bond acceptors (Lipinski definition) is 4. The molecule has 0 saturated carbocycles. The first-order valence-corrected chi connectivity index (χ1v) is 14.0. The first-order valence-electron chi connectivity index (χ1n) is 11.4. The van der Waals surface area contributed by atoms with Gasteiger partial charge in [0.25, 0.3) is 0 Å². The number of aryl methyl sites for hydroxylation is 1. The van der Waals surface area contributed by atoms with Crippen LogP contribution < -0.4 is 9.62 Å². The predicted octanol–water partition coefficient (Wildman–Crippen LogP) is 4.25. The fourth-order valence-corrected chi connectivity index (χ4v) is 4.98. The fourth-order valence-electron chi connectivity index (χ4n) is 3.50. The van der Waals surface area contributed by atoms with Gasteiger partial charge in [-0.2, -0.15) is 0 Å². The molecule has 0 aliphatic rings. The Balaban J connectivity index is 2.44. The third kappa shape index (κ3) is 7.56. The van der Waals surface area contributed by atoms with Crippen molar-refractivity contribution in [2.24, 2.45) is 0 Å². The van der Waals surface area contributed by atoms with Crippen molar-refractivity contribution in [2.75, 3.05) is 17.1 Å². The topological polar surface area (TPSA) is 86.8 Å². The van der Waals surface area contributed by atoms with E-state index in [9.17, 15) is 18.0 Å². The summed E-state index contributed by atoms with van der Waals surface area (Å²) in [6, 6.07) is 13.8. The van der Waals surface area contributed by atoms with E-state index in [1.807, 2.05) is 52.0 Å². The number of para-hydroxylation sites is 1. The number of carbonyl (C=O) groups is 2. The summed E-state index contributed by atoms with van der Waals surface area (Å²) in [4.78, 5) is 28.2. The number of anilines is 1. The Hall–Kier alpha value is -2.39. The quantitative estimate of drug-likeness (QED) is 0.452. The third-order valence-corrected chi connectivity index (χ3v) is 7.46. The van der Waals surface area contributed by atoms with Gasteiger partial charge in [-0.1, -0.05) is 55.8 Å². The number of sulfonamides is 1. The number of nitrogens with zero attached hydrogens (tertiary/aromatic N) is 2. The van der Waals surface area contributed by atoms with Gasteiger partial charge in [0.15, 0.2) is 0 Å². The van der Waals surface area contributed by atoms with Gasteiger partial charge in [-0.15, -0.1) is 0 Å². The zero-order chi connectivity index (χ0) is 25.5. The SMILES string of the molecule is CC[C@@H](C)NC(=O)[C@@H](CC)N(Cc1ccc(C)cc1)C(=O)CN(c1ccccc1Br)S(C)(=O)=O. The van der Waals surface area contributed by atoms with Crippen LogP contribution in [0.1, 0.15) is 44.7 Å². The Kier molecular flexibility index (Phi) is 10.1. The highest BCUT2D eigenvalue weighted by atomic mass is 79.9. The molecule has 34 heavy (non-hydrogen) atoms. The van der Waals surface area contributed by atoms with Crippen molar-refractivity contribution in [3.8, 4) is 0 Å². The van der Waals surface area contributed by atoms with Gasteiger partial charge in [-0.05, 0) is 60.3 Å². The summed E-state index contributed by atoms with van der Waals surface area (Å²) < 4.78 is 26.9. The maximum Gasteiger partial charge on any atom is 0.244 e. The zero-order valence-corrected chi connectivity index (χ0v) is 22.8. The molecule has 0 bridgehead atoms. The molecule has 0 aromatic heterocycles. The number of rotatable bonds is 11. The molecule has 2 rings (SSSR count). The summed E-state index contributed by atoms with van der Waals surface area (Å²) in [5, 5.41) is 2.96. The van der Waals surface area contributed by atoms with Crippen LogP contribution in [-0.4, -0.2) is 50.0 Å². The number of hydrogen-bond donors (Lipinski definition) is 1. The molecule has 0 saturated heterocycles. The smallest absolute Gasteiger partial charge is 0.244 e. The summed E-state index contributed by atoms with van der Waals surface area (Å²) >= 11 is 3.38. The van der Waals surface area contributed by atoms with Crippen molar-refractivity contribution in [1.29, 1.82) is 0 Å². The highest BCUT2D eigenvalue weighted by Gasteiger charge is 2.32. The van der Waals surface area contributed by atoms with Crippen LogP contribution in [0.3, 0.4) is 0 Å². The number of amides is 2. The molecule has 0 aliphatic carbocycles. The molecule has 1 N–H and O–H groups in total. The minimum Gasteiger partial charge on any atom is -0.352 e. The van der Waals surface area contributed by atoms with E-state index in [1.54, 1.807) is 24.3 Å². The summed E-state index contributed by atoms with van der Waals surface area (Å²) in [7, 11) is -3.77. The molecule has 2 atom stereocenters. The van der Waals surface area contributed by atoms with Crippen molar-refractivity contribution in [1.82, 2.24) is 10.2 Å². The lowest BCUT2D eigenvalue weighted by atomic mass is 10.1. The first kappa shape index (κ1) is 27.9. The summed E-state index contributed by atoms with van der Waals surface area (Å²) in [6.45, 7) is 7.48. The molecule has 0 spiro atoms. The third-order valence-electron chi connectivity index (χ3n) is 5.66. The van der Waals surface area contributed by atoms with Crippen molar-refractivity contribution in [3.05, 3.63) is 64.1 Å². The molecule has 0 unspecified atom stereocenters. The van der Waals surface area contributed by atoms with Gasteiger partial charge in [0.05, 0.1) is 11.9 Å². The highest BCUT2D eigenvalue weighted by Crippen LogP contribution is 2.28. The van der Waals surface area contributed by atoms with E-state index in [0.717, 1.165) is 28.1 Å². The molecule has 0 radical (unpaired) electrons. The second-order valence-corrected chi connectivity index (χ2v) is 11.2. The standard InChI is InChI=1S/C25H34BrN3O4S/c1-6-19(4)27-25(31)22(7-2)28(16-20-14-12-18(3)13-15-20)24(30)17-29(34(5,32)33)23-11-9-8-10-21(23)26/h8-15,19,22H,6-7,16-17H2,1-5H3,(H,27,31)/t19-,22-/m1/s1. The maximum absolute atomic E-state index is 13.6. The number of halogens is 1. The van der Waals surface area contributed by atoms with E-state index in [2.05, 4.69) is 21.2 Å². The van der Waals surface area contributed by atoms with Crippen LogP contribution in [-0.2, 0) is 26.2 Å². The molecule has 2 aromatic rings. The van der Waals surface area contributed by atoms with Gasteiger partial charge < -0.3 is 10.2 Å². The van der Waals surface area contributed by atoms with Crippen molar-refractivity contribution >= 4 is 43.5 Å². The van der Waals surface area contributed by atoms with Crippen LogP contribution in [0, 0.1) is 6.92 Å². The van der Waals surface area contributed by atoms with Crippen molar-refractivity contribution < 1.29 is 18.0 Å². The fraction of sp³-hybridized carbons (Fsp3) is 0.440. The molecule has 2 aromatic carbocycles. The summed E-state index contributed by atoms with van der Waals surface area (Å²) in [5.41, 5.74) is 2.31. The second-order valence-electron chi connectivity index (χ2n) is 8.47. The average molecular weight is 553 g/mol. The van der Waals surface area contributed by atoms with Crippen molar-refractivity contribution in [3.63, 3.8) is 0 Å². The van der Waals surface area contributed by atoms with Gasteiger partial charge in [-0.3, -0.25) is 13.9 Å². The predicted molar refractivity (Wildman–Crippen MR) is 140 cm³/mol. The van der Waals surface area contributed by atoms with Crippen LogP contribution in [0.5, 0.6) is 0 Å². The van der Waals surface area contributed by atoms with Gasteiger partial charge in [0.2, 0.25) is 21.8 Å². The Morgan fingerprint density at radius 2 is 1.65 bits per heavy atom. The molecule has 2 amide bonds. The molecule has 0 heterocycles. The van der Waals surface area contributed by atoms with E-state index < -0.39 is 28.5 Å². The Bertz CT molecular complexity index is 1090. The van der Waals surface area contributed by atoms with Crippen LogP contribution in [0.2, 0.25) is 0 Å². The lowest BCUT2D eigenvalue weighted by Gasteiger charge is -2.33. The van der Waals surface area contributed by atoms with Crippen LogP contribution in [0.4, 0.5) is 5.69 Å².